The molecule has 0 aromatic heterocycles. The van der Waals surface area contributed by atoms with Gasteiger partial charge >= 0.3 is 11.9 Å². The van der Waals surface area contributed by atoms with E-state index in [1.807, 2.05) is 44.2 Å². The van der Waals surface area contributed by atoms with Crippen molar-refractivity contribution in [3.05, 3.63) is 71.8 Å². The van der Waals surface area contributed by atoms with E-state index in [4.69, 9.17) is 9.47 Å². The molecule has 0 saturated heterocycles. The highest BCUT2D eigenvalue weighted by molar-refractivity contribution is 5.70. The minimum Gasteiger partial charge on any atom is -0.457 e. The second-order valence-electron chi connectivity index (χ2n) is 10.6. The number of aryl methyl sites for hydroxylation is 1. The Morgan fingerprint density at radius 3 is 2.57 bits per heavy atom. The molecule has 7 heteroatoms. The van der Waals surface area contributed by atoms with E-state index in [1.165, 1.54) is 6.92 Å². The highest BCUT2D eigenvalue weighted by Gasteiger charge is 2.35. The van der Waals surface area contributed by atoms with Crippen LogP contribution in [0.25, 0.3) is 0 Å². The molecule has 0 radical (unpaired) electrons. The van der Waals surface area contributed by atoms with Crippen molar-refractivity contribution >= 4 is 11.9 Å². The molecule has 0 bridgehead atoms. The van der Waals surface area contributed by atoms with Crippen molar-refractivity contribution in [1.82, 2.24) is 0 Å². The predicted molar refractivity (Wildman–Crippen MR) is 143 cm³/mol. The van der Waals surface area contributed by atoms with Gasteiger partial charge in [0.1, 0.15) is 17.8 Å². The first-order valence-electron chi connectivity index (χ1n) is 12.9. The van der Waals surface area contributed by atoms with Gasteiger partial charge in [0.25, 0.3) is 0 Å². The summed E-state index contributed by atoms with van der Waals surface area (Å²) in [5, 5.41) is 32.0. The van der Waals surface area contributed by atoms with E-state index in [9.17, 15) is 24.9 Å². The minimum absolute atomic E-state index is 0.134. The fourth-order valence-electron chi connectivity index (χ4n) is 4.26. The quantitative estimate of drug-likeness (QED) is 0.284. The van der Waals surface area contributed by atoms with Crippen molar-refractivity contribution < 1.29 is 34.4 Å². The summed E-state index contributed by atoms with van der Waals surface area (Å²) in [5.41, 5.74) is -0.547. The number of aliphatic hydroxyl groups is 3. The van der Waals surface area contributed by atoms with Gasteiger partial charge in [-0.3, -0.25) is 9.59 Å². The summed E-state index contributed by atoms with van der Waals surface area (Å²) in [6.07, 6.45) is 7.41. The number of carbonyl (C=O) groups excluding carboxylic acids is 2. The summed E-state index contributed by atoms with van der Waals surface area (Å²) >= 11 is 0. The number of benzene rings is 1. The number of hydrogen-bond acceptors (Lipinski definition) is 7. The molecular formula is C30H42O7. The Kier molecular flexibility index (Phi) is 11.3. The molecule has 1 unspecified atom stereocenters. The zero-order valence-electron chi connectivity index (χ0n) is 22.6. The van der Waals surface area contributed by atoms with Gasteiger partial charge in [0.05, 0.1) is 18.1 Å². The van der Waals surface area contributed by atoms with Crippen molar-refractivity contribution in [2.45, 2.75) is 96.2 Å². The second kappa shape index (κ2) is 13.7. The third-order valence-corrected chi connectivity index (χ3v) is 6.64. The van der Waals surface area contributed by atoms with Crippen LogP contribution in [0.5, 0.6) is 0 Å². The van der Waals surface area contributed by atoms with Gasteiger partial charge in [0.15, 0.2) is 0 Å². The van der Waals surface area contributed by atoms with Crippen LogP contribution >= 0.6 is 0 Å². The number of ether oxygens (including phenoxy) is 2. The Balaban J connectivity index is 2.22. The molecule has 1 aromatic carbocycles. The second-order valence-corrected chi connectivity index (χ2v) is 10.6. The van der Waals surface area contributed by atoms with Crippen molar-refractivity contribution in [2.24, 2.45) is 5.92 Å². The molecule has 6 atom stereocenters. The number of rotatable bonds is 7. The molecule has 0 spiro atoms. The summed E-state index contributed by atoms with van der Waals surface area (Å²) in [5.74, 6) is -1.39. The summed E-state index contributed by atoms with van der Waals surface area (Å²) < 4.78 is 11.1. The Bertz CT molecular complexity index is 975. The smallest absolute Gasteiger partial charge is 0.309 e. The van der Waals surface area contributed by atoms with Crippen LogP contribution in [0.15, 0.2) is 66.3 Å². The molecule has 3 N–H and O–H groups in total. The molecule has 1 heterocycles. The molecule has 0 amide bonds. The first-order valence-corrected chi connectivity index (χ1v) is 12.9. The topological polar surface area (TPSA) is 113 Å². The molecule has 204 valence electrons. The van der Waals surface area contributed by atoms with Gasteiger partial charge in [-0.05, 0) is 63.7 Å². The van der Waals surface area contributed by atoms with Crippen molar-refractivity contribution in [2.75, 3.05) is 0 Å². The zero-order valence-corrected chi connectivity index (χ0v) is 22.6. The average Bonchev–Trinajstić information content (AvgIpc) is 2.82. The van der Waals surface area contributed by atoms with Gasteiger partial charge in [-0.15, -0.1) is 0 Å². The fraction of sp³-hybridized carbons (Fsp3) is 0.533. The van der Waals surface area contributed by atoms with Crippen LogP contribution in [0.4, 0.5) is 0 Å². The lowest BCUT2D eigenvalue weighted by Crippen LogP contribution is -2.42. The first-order chi connectivity index (χ1) is 17.3. The van der Waals surface area contributed by atoms with Crippen LogP contribution in [-0.2, 0) is 25.5 Å². The van der Waals surface area contributed by atoms with Gasteiger partial charge in [-0.2, -0.15) is 0 Å². The third kappa shape index (κ3) is 10.6. The average molecular weight is 515 g/mol. The monoisotopic (exact) mass is 514 g/mol. The summed E-state index contributed by atoms with van der Waals surface area (Å²) in [6, 6.07) is 9.96. The number of cyclic esters (lactones) is 1. The molecular weight excluding hydrogens is 472 g/mol. The fourth-order valence-corrected chi connectivity index (χ4v) is 4.26. The standard InChI is InChI=1S/C30H42O7/c1-21(10-9-17-29(4,34)18-15-24-11-7-6-8-12-24)28-22(2)13-14-26(36-23(3)31)30(5,35)19-16-25(32)20-27(33)37-28/h6-14,17,22,25-26,28,32,34-35H,15-16,18-20H2,1-5H3/b14-13+,17-9+,21-10+/t22-,25+,26+,28+,29?,30+/m0/s1. The lowest BCUT2D eigenvalue weighted by atomic mass is 9.88. The van der Waals surface area contributed by atoms with E-state index >= 15 is 0 Å². The van der Waals surface area contributed by atoms with Crippen LogP contribution in [0.2, 0.25) is 0 Å². The van der Waals surface area contributed by atoms with E-state index in [1.54, 1.807) is 44.2 Å². The Hall–Kier alpha value is -2.74. The lowest BCUT2D eigenvalue weighted by molar-refractivity contribution is -0.157. The van der Waals surface area contributed by atoms with Gasteiger partial charge in [0.2, 0.25) is 0 Å². The van der Waals surface area contributed by atoms with Crippen LogP contribution in [0.3, 0.4) is 0 Å². The molecule has 37 heavy (non-hydrogen) atoms. The number of hydrogen-bond donors (Lipinski definition) is 3. The normalized spacial score (nSPS) is 30.5. The van der Waals surface area contributed by atoms with Gasteiger partial charge in [-0.25, -0.2) is 0 Å². The van der Waals surface area contributed by atoms with Gasteiger partial charge in [-0.1, -0.05) is 61.6 Å². The predicted octanol–water partition coefficient (Wildman–Crippen LogP) is 4.20. The number of allylic oxidation sites excluding steroid dienone is 2. The van der Waals surface area contributed by atoms with E-state index in [-0.39, 0.29) is 25.2 Å². The summed E-state index contributed by atoms with van der Waals surface area (Å²) in [4.78, 5) is 24.2. The highest BCUT2D eigenvalue weighted by Crippen LogP contribution is 2.27. The zero-order chi connectivity index (χ0) is 27.6. The van der Waals surface area contributed by atoms with Crippen molar-refractivity contribution in [1.29, 1.82) is 0 Å². The summed E-state index contributed by atoms with van der Waals surface area (Å²) in [6.45, 7) is 8.25. The summed E-state index contributed by atoms with van der Waals surface area (Å²) in [7, 11) is 0. The third-order valence-electron chi connectivity index (χ3n) is 6.64. The van der Waals surface area contributed by atoms with Crippen LogP contribution in [0.1, 0.15) is 65.9 Å². The van der Waals surface area contributed by atoms with E-state index in [0.29, 0.717) is 6.42 Å². The maximum absolute atomic E-state index is 12.6. The van der Waals surface area contributed by atoms with E-state index < -0.39 is 41.5 Å². The molecule has 1 aliphatic heterocycles. The maximum atomic E-state index is 12.6. The molecule has 0 aliphatic carbocycles. The SMILES string of the molecule is CC(=O)O[C@@H]1/C=C/[C@H](C)[C@@H](/C(C)=C/C=C/C(C)(O)CCc2ccccc2)OC(=O)C[C@H](O)CC[C@@]1(C)O. The number of aliphatic hydroxyl groups excluding tert-OH is 1. The van der Waals surface area contributed by atoms with Crippen LogP contribution in [0, 0.1) is 5.92 Å². The van der Waals surface area contributed by atoms with Crippen molar-refractivity contribution in [3.8, 4) is 0 Å². The number of esters is 2. The molecule has 7 nitrogen and oxygen atoms in total. The van der Waals surface area contributed by atoms with E-state index in [0.717, 1.165) is 17.6 Å². The van der Waals surface area contributed by atoms with Crippen LogP contribution in [-0.4, -0.2) is 56.8 Å². The molecule has 0 saturated carbocycles. The number of carbonyl (C=O) groups is 2. The molecule has 2 rings (SSSR count). The van der Waals surface area contributed by atoms with Gasteiger partial charge < -0.3 is 24.8 Å². The highest BCUT2D eigenvalue weighted by atomic mass is 16.6. The first kappa shape index (κ1) is 30.5. The molecule has 0 fully saturated rings. The minimum atomic E-state index is -1.42. The van der Waals surface area contributed by atoms with Crippen molar-refractivity contribution in [3.63, 3.8) is 0 Å². The Labute approximate surface area is 220 Å². The largest absolute Gasteiger partial charge is 0.457 e. The lowest BCUT2D eigenvalue weighted by Gasteiger charge is -2.32. The molecule has 1 aliphatic rings. The Morgan fingerprint density at radius 2 is 1.92 bits per heavy atom. The Morgan fingerprint density at radius 1 is 1.24 bits per heavy atom. The molecule has 1 aromatic rings. The maximum Gasteiger partial charge on any atom is 0.309 e. The van der Waals surface area contributed by atoms with Crippen LogP contribution < -0.4 is 0 Å². The van der Waals surface area contributed by atoms with E-state index in [2.05, 4.69) is 0 Å². The van der Waals surface area contributed by atoms with Gasteiger partial charge in [0, 0.05) is 12.8 Å².